The molecule has 0 aromatic heterocycles. The lowest BCUT2D eigenvalue weighted by molar-refractivity contribution is 0.417. The molecule has 0 aliphatic carbocycles. The number of rotatable bonds is 3. The van der Waals surface area contributed by atoms with Gasteiger partial charge in [0.15, 0.2) is 0 Å². The molecule has 4 heteroatoms. The monoisotopic (exact) mass is 238 g/mol. The molecule has 1 atom stereocenters. The van der Waals surface area contributed by atoms with Crippen LogP contribution < -0.4 is 15.4 Å². The van der Waals surface area contributed by atoms with Crippen LogP contribution in [0.1, 0.15) is 6.42 Å². The molecular weight excluding hydrogens is 220 g/mol. The van der Waals surface area contributed by atoms with Crippen molar-refractivity contribution in [1.82, 2.24) is 0 Å². The molecule has 1 saturated heterocycles. The molecule has 2 rings (SSSR count). The number of methoxy groups -OCH3 is 1. The lowest BCUT2D eigenvalue weighted by Gasteiger charge is -2.27. The highest BCUT2D eigenvalue weighted by Crippen LogP contribution is 2.34. The Morgan fingerprint density at radius 1 is 1.50 bits per heavy atom. The molecule has 1 aromatic carbocycles. The molecule has 1 unspecified atom stereocenters. The number of para-hydroxylation sites is 1. The molecule has 0 saturated carbocycles. The van der Waals surface area contributed by atoms with Gasteiger partial charge >= 0.3 is 0 Å². The summed E-state index contributed by atoms with van der Waals surface area (Å²) in [5.74, 6) is 3.20. The van der Waals surface area contributed by atoms with Crippen molar-refractivity contribution in [3.05, 3.63) is 18.2 Å². The Morgan fingerprint density at radius 3 is 2.94 bits per heavy atom. The number of ether oxygens (including phenoxy) is 1. The summed E-state index contributed by atoms with van der Waals surface area (Å²) >= 11 is 2.01. The normalized spacial score (nSPS) is 19.8. The van der Waals surface area contributed by atoms with Crippen molar-refractivity contribution < 1.29 is 4.74 Å². The molecule has 1 fully saturated rings. The number of anilines is 2. The molecule has 2 N–H and O–H groups in total. The molecule has 1 aromatic rings. The number of nitrogen functional groups attached to an aromatic ring is 1. The van der Waals surface area contributed by atoms with Gasteiger partial charge in [-0.25, -0.2) is 0 Å². The molecule has 0 spiro atoms. The maximum Gasteiger partial charge on any atom is 0.143 e. The van der Waals surface area contributed by atoms with E-state index < -0.39 is 0 Å². The Kier molecular flexibility index (Phi) is 3.49. The number of nitrogens with zero attached hydrogens (tertiary/aromatic N) is 1. The van der Waals surface area contributed by atoms with Crippen molar-refractivity contribution in [2.24, 2.45) is 0 Å². The fourth-order valence-electron chi connectivity index (χ4n) is 2.04. The minimum atomic E-state index is 0.597. The van der Waals surface area contributed by atoms with Crippen LogP contribution in [0.3, 0.4) is 0 Å². The maximum absolute atomic E-state index is 6.09. The average molecular weight is 238 g/mol. The van der Waals surface area contributed by atoms with E-state index in [-0.39, 0.29) is 0 Å². The van der Waals surface area contributed by atoms with Crippen molar-refractivity contribution in [3.8, 4) is 5.75 Å². The van der Waals surface area contributed by atoms with Crippen molar-refractivity contribution in [2.45, 2.75) is 12.5 Å². The van der Waals surface area contributed by atoms with Crippen molar-refractivity contribution in [2.75, 3.05) is 36.3 Å². The summed E-state index contributed by atoms with van der Waals surface area (Å²) in [6.07, 6.45) is 1.23. The zero-order valence-corrected chi connectivity index (χ0v) is 10.6. The van der Waals surface area contributed by atoms with Gasteiger partial charge in [-0.2, -0.15) is 11.8 Å². The van der Waals surface area contributed by atoms with E-state index in [1.807, 2.05) is 23.9 Å². The third-order valence-corrected chi connectivity index (χ3v) is 4.24. The van der Waals surface area contributed by atoms with Gasteiger partial charge in [-0.05, 0) is 24.3 Å². The Balaban J connectivity index is 2.25. The second-order valence-electron chi connectivity index (χ2n) is 4.02. The van der Waals surface area contributed by atoms with Gasteiger partial charge in [0.2, 0.25) is 0 Å². The van der Waals surface area contributed by atoms with Crippen molar-refractivity contribution >= 4 is 23.1 Å². The van der Waals surface area contributed by atoms with E-state index in [9.17, 15) is 0 Å². The lowest BCUT2D eigenvalue weighted by Crippen LogP contribution is -2.31. The number of hydrogen-bond acceptors (Lipinski definition) is 4. The van der Waals surface area contributed by atoms with Crippen LogP contribution in [0.25, 0.3) is 0 Å². The lowest BCUT2D eigenvalue weighted by atomic mass is 10.1. The van der Waals surface area contributed by atoms with Crippen LogP contribution >= 0.6 is 11.8 Å². The summed E-state index contributed by atoms with van der Waals surface area (Å²) in [4.78, 5) is 2.28. The van der Waals surface area contributed by atoms with Gasteiger partial charge in [-0.15, -0.1) is 0 Å². The quantitative estimate of drug-likeness (QED) is 0.820. The van der Waals surface area contributed by atoms with Crippen LogP contribution in [0.2, 0.25) is 0 Å². The van der Waals surface area contributed by atoms with E-state index in [0.29, 0.717) is 6.04 Å². The first-order chi connectivity index (χ1) is 7.74. The van der Waals surface area contributed by atoms with Crippen LogP contribution in [-0.2, 0) is 0 Å². The Hall–Kier alpha value is -1.03. The van der Waals surface area contributed by atoms with E-state index in [1.165, 1.54) is 17.9 Å². The summed E-state index contributed by atoms with van der Waals surface area (Å²) < 4.78 is 5.24. The average Bonchev–Trinajstić information content (AvgIpc) is 2.82. The zero-order chi connectivity index (χ0) is 11.5. The molecule has 0 amide bonds. The number of benzene rings is 1. The first-order valence-electron chi connectivity index (χ1n) is 5.47. The molecular formula is C12H18N2OS. The summed E-state index contributed by atoms with van der Waals surface area (Å²) in [5.41, 5.74) is 7.90. The van der Waals surface area contributed by atoms with Crippen LogP contribution in [0.4, 0.5) is 11.4 Å². The van der Waals surface area contributed by atoms with Gasteiger partial charge in [-0.3, -0.25) is 0 Å². The molecule has 0 radical (unpaired) electrons. The first kappa shape index (κ1) is 11.5. The maximum atomic E-state index is 6.09. The van der Waals surface area contributed by atoms with Crippen molar-refractivity contribution in [3.63, 3.8) is 0 Å². The molecule has 1 aliphatic rings. The fourth-order valence-corrected chi connectivity index (χ4v) is 3.31. The smallest absolute Gasteiger partial charge is 0.143 e. The van der Waals surface area contributed by atoms with Crippen LogP contribution in [-0.4, -0.2) is 31.7 Å². The fraction of sp³-hybridized carbons (Fsp3) is 0.500. The summed E-state index contributed by atoms with van der Waals surface area (Å²) in [6, 6.07) is 6.54. The molecule has 16 heavy (non-hydrogen) atoms. The van der Waals surface area contributed by atoms with E-state index in [1.54, 1.807) is 7.11 Å². The van der Waals surface area contributed by atoms with Crippen LogP contribution in [0, 0.1) is 0 Å². The van der Waals surface area contributed by atoms with E-state index in [0.717, 1.165) is 17.1 Å². The molecule has 0 bridgehead atoms. The predicted molar refractivity (Wildman–Crippen MR) is 71.5 cm³/mol. The van der Waals surface area contributed by atoms with E-state index >= 15 is 0 Å². The highest BCUT2D eigenvalue weighted by atomic mass is 32.2. The van der Waals surface area contributed by atoms with Crippen molar-refractivity contribution in [1.29, 1.82) is 0 Å². The number of hydrogen-bond donors (Lipinski definition) is 1. The summed E-state index contributed by atoms with van der Waals surface area (Å²) in [5, 5.41) is 0. The topological polar surface area (TPSA) is 38.5 Å². The Bertz CT molecular complexity index is 364. The minimum Gasteiger partial charge on any atom is -0.495 e. The molecule has 1 heterocycles. The van der Waals surface area contributed by atoms with Gasteiger partial charge < -0.3 is 15.4 Å². The zero-order valence-electron chi connectivity index (χ0n) is 9.77. The third kappa shape index (κ3) is 2.07. The SMILES string of the molecule is COc1cccc(N(C)C2CCSC2)c1N. The number of thioether (sulfide) groups is 1. The highest BCUT2D eigenvalue weighted by molar-refractivity contribution is 7.99. The minimum absolute atomic E-state index is 0.597. The van der Waals surface area contributed by atoms with E-state index in [2.05, 4.69) is 18.0 Å². The van der Waals surface area contributed by atoms with Gasteiger partial charge in [0.05, 0.1) is 18.5 Å². The standard InChI is InChI=1S/C12H18N2OS/c1-14(9-6-7-16-8-9)10-4-3-5-11(15-2)12(10)13/h3-5,9H,6-8,13H2,1-2H3. The van der Waals surface area contributed by atoms with E-state index in [4.69, 9.17) is 10.5 Å². The summed E-state index contributed by atoms with van der Waals surface area (Å²) in [7, 11) is 3.77. The molecule has 88 valence electrons. The highest BCUT2D eigenvalue weighted by Gasteiger charge is 2.22. The van der Waals surface area contributed by atoms with Gasteiger partial charge in [0.1, 0.15) is 5.75 Å². The largest absolute Gasteiger partial charge is 0.495 e. The third-order valence-electron chi connectivity index (χ3n) is 3.10. The van der Waals surface area contributed by atoms with Gasteiger partial charge in [0.25, 0.3) is 0 Å². The van der Waals surface area contributed by atoms with Gasteiger partial charge in [0, 0.05) is 18.8 Å². The second-order valence-corrected chi connectivity index (χ2v) is 5.17. The predicted octanol–water partition coefficient (Wildman–Crippen LogP) is 2.22. The van der Waals surface area contributed by atoms with Crippen LogP contribution in [0.5, 0.6) is 5.75 Å². The Morgan fingerprint density at radius 2 is 2.31 bits per heavy atom. The van der Waals surface area contributed by atoms with Gasteiger partial charge in [-0.1, -0.05) is 6.07 Å². The van der Waals surface area contributed by atoms with Crippen LogP contribution in [0.15, 0.2) is 18.2 Å². The Labute approximate surface area is 101 Å². The molecule has 1 aliphatic heterocycles. The molecule has 3 nitrogen and oxygen atoms in total. The summed E-state index contributed by atoms with van der Waals surface area (Å²) in [6.45, 7) is 0. The second kappa shape index (κ2) is 4.87. The number of nitrogens with two attached hydrogens (primary N) is 1. The first-order valence-corrected chi connectivity index (χ1v) is 6.62.